The van der Waals surface area contributed by atoms with E-state index in [0.717, 1.165) is 5.69 Å². The summed E-state index contributed by atoms with van der Waals surface area (Å²) in [6, 6.07) is 27.1. The normalized spacial score (nSPS) is 12.2. The first-order valence-electron chi connectivity index (χ1n) is 14.1. The third-order valence-corrected chi connectivity index (χ3v) is 9.10. The molecule has 0 aliphatic rings. The summed E-state index contributed by atoms with van der Waals surface area (Å²) in [5.41, 5.74) is 1.98. The molecule has 0 saturated carbocycles. The van der Waals surface area contributed by atoms with Crippen LogP contribution in [0.4, 0.5) is 10.1 Å². The lowest BCUT2D eigenvalue weighted by Crippen LogP contribution is -2.25. The first kappa shape index (κ1) is 30.9. The van der Waals surface area contributed by atoms with Crippen LogP contribution in [0, 0.1) is 5.82 Å². The number of hydrogen-bond donors (Lipinski definition) is 1. The van der Waals surface area contributed by atoms with Gasteiger partial charge < -0.3 is 23.8 Å². The highest BCUT2D eigenvalue weighted by atomic mass is 31.2. The maximum Gasteiger partial charge on any atom is 0.357 e. The number of rotatable bonds is 13. The van der Waals surface area contributed by atoms with Crippen molar-refractivity contribution in [2.75, 3.05) is 25.6 Å². The molecular weight excluding hydrogens is 584 g/mol. The van der Waals surface area contributed by atoms with Gasteiger partial charge >= 0.3 is 7.60 Å². The van der Waals surface area contributed by atoms with E-state index in [1.165, 1.54) is 35.9 Å². The second-order valence-corrected chi connectivity index (χ2v) is 11.8. The van der Waals surface area contributed by atoms with Gasteiger partial charge in [0.15, 0.2) is 23.1 Å². The van der Waals surface area contributed by atoms with Gasteiger partial charge in [0.25, 0.3) is 5.56 Å². The summed E-state index contributed by atoms with van der Waals surface area (Å²) >= 11 is 0. The first-order valence-corrected chi connectivity index (χ1v) is 15.8. The molecule has 1 atom stereocenters. The summed E-state index contributed by atoms with van der Waals surface area (Å²) in [5.74, 6) is -0.230. The quantitative estimate of drug-likeness (QED) is 0.136. The number of anilines is 1. The Labute approximate surface area is 254 Å². The molecule has 1 N–H and O–H groups in total. The molecule has 0 saturated heterocycles. The molecule has 0 aliphatic heterocycles. The minimum Gasteiger partial charge on any atom is -0.493 e. The van der Waals surface area contributed by atoms with Crippen LogP contribution in [0.2, 0.25) is 0 Å². The Kier molecular flexibility index (Phi) is 9.75. The van der Waals surface area contributed by atoms with Crippen LogP contribution in [0.15, 0.2) is 102 Å². The predicted octanol–water partition coefficient (Wildman–Crippen LogP) is 7.49. The Bertz CT molecular complexity index is 1820. The number of nitrogens with one attached hydrogen (secondary N) is 1. The number of halogens is 1. The van der Waals surface area contributed by atoms with E-state index >= 15 is 0 Å². The van der Waals surface area contributed by atoms with Crippen molar-refractivity contribution >= 4 is 24.2 Å². The van der Waals surface area contributed by atoms with Gasteiger partial charge in [0.05, 0.1) is 36.9 Å². The number of aromatic nitrogens is 2. The van der Waals surface area contributed by atoms with E-state index in [0.29, 0.717) is 39.5 Å². The van der Waals surface area contributed by atoms with E-state index in [1.807, 2.05) is 30.3 Å². The molecule has 0 fully saturated rings. The molecule has 0 amide bonds. The fraction of sp³-hybridized carbons (Fsp3) is 0.212. The Morgan fingerprint density at radius 1 is 0.886 bits per heavy atom. The average molecular weight is 618 g/mol. The largest absolute Gasteiger partial charge is 0.493 e. The number of para-hydroxylation sites is 2. The number of hydrogen-bond acceptors (Lipinski definition) is 8. The van der Waals surface area contributed by atoms with Crippen molar-refractivity contribution in [2.45, 2.75) is 26.2 Å². The number of nitrogens with zero attached hydrogens (tertiary/aromatic N) is 2. The van der Waals surface area contributed by atoms with E-state index in [2.05, 4.69) is 5.32 Å². The molecule has 228 valence electrons. The smallest absolute Gasteiger partial charge is 0.357 e. The molecule has 1 unspecified atom stereocenters. The van der Waals surface area contributed by atoms with Crippen LogP contribution in [0.5, 0.6) is 11.5 Å². The molecule has 0 spiro atoms. The number of methoxy groups -OCH3 is 1. The van der Waals surface area contributed by atoms with Crippen molar-refractivity contribution in [1.82, 2.24) is 9.55 Å². The van der Waals surface area contributed by atoms with Gasteiger partial charge in [-0.3, -0.25) is 13.9 Å². The number of fused-ring (bicyclic) bond motifs is 1. The summed E-state index contributed by atoms with van der Waals surface area (Å²) < 4.78 is 52.4. The summed E-state index contributed by atoms with van der Waals surface area (Å²) in [7, 11) is -2.18. The highest BCUT2D eigenvalue weighted by Crippen LogP contribution is 2.61. The van der Waals surface area contributed by atoms with Gasteiger partial charge in [0.2, 0.25) is 0 Å². The van der Waals surface area contributed by atoms with Gasteiger partial charge in [-0.25, -0.2) is 9.37 Å². The van der Waals surface area contributed by atoms with Crippen molar-refractivity contribution in [3.05, 3.63) is 125 Å². The topological polar surface area (TPSA) is 101 Å². The zero-order valence-electron chi connectivity index (χ0n) is 24.6. The first-order chi connectivity index (χ1) is 21.4. The zero-order valence-corrected chi connectivity index (χ0v) is 25.5. The molecule has 44 heavy (non-hydrogen) atoms. The van der Waals surface area contributed by atoms with Gasteiger partial charge in [0.1, 0.15) is 12.4 Å². The van der Waals surface area contributed by atoms with Gasteiger partial charge in [-0.05, 0) is 80.1 Å². The van der Waals surface area contributed by atoms with Crippen LogP contribution in [0.1, 0.15) is 31.0 Å². The molecule has 1 aromatic heterocycles. The molecular formula is C33H33FN3O6P. The average Bonchev–Trinajstić information content (AvgIpc) is 3.04. The van der Waals surface area contributed by atoms with Gasteiger partial charge in [-0.2, -0.15) is 0 Å². The van der Waals surface area contributed by atoms with E-state index in [1.54, 1.807) is 56.3 Å². The fourth-order valence-corrected chi connectivity index (χ4v) is 6.76. The summed E-state index contributed by atoms with van der Waals surface area (Å²) in [4.78, 5) is 18.2. The van der Waals surface area contributed by atoms with Crippen molar-refractivity contribution in [3.63, 3.8) is 0 Å². The molecule has 0 radical (unpaired) electrons. The summed E-state index contributed by atoms with van der Waals surface area (Å²) in [5, 5.41) is 3.73. The highest BCUT2D eigenvalue weighted by molar-refractivity contribution is 7.54. The summed E-state index contributed by atoms with van der Waals surface area (Å²) in [6.07, 6.45) is 0. The predicted molar refractivity (Wildman–Crippen MR) is 168 cm³/mol. The Morgan fingerprint density at radius 2 is 1.57 bits per heavy atom. The molecule has 0 bridgehead atoms. The van der Waals surface area contributed by atoms with Gasteiger partial charge in [-0.15, -0.1) is 0 Å². The van der Waals surface area contributed by atoms with E-state index < -0.39 is 19.2 Å². The standard InChI is InChI=1S/C33H33FN3O6P/c1-4-42-44(39,43-5-2)32(35-25-11-7-6-8-12-25)23-15-20-29(30(21-23)40-3)41-22-31-36-28-14-10-9-13-27(28)33(38)37(31)26-18-16-24(34)17-19-26/h6-21,32,35H,4-5,22H2,1-3H3. The van der Waals surface area contributed by atoms with Crippen LogP contribution in [0.3, 0.4) is 0 Å². The molecule has 5 aromatic rings. The minimum absolute atomic E-state index is 0.102. The van der Waals surface area contributed by atoms with E-state index in [-0.39, 0.29) is 25.4 Å². The second kappa shape index (κ2) is 13.9. The summed E-state index contributed by atoms with van der Waals surface area (Å²) in [6.45, 7) is 3.80. The van der Waals surface area contributed by atoms with Gasteiger partial charge in [0, 0.05) is 5.69 Å². The third-order valence-electron chi connectivity index (χ3n) is 6.80. The molecule has 11 heteroatoms. The zero-order chi connectivity index (χ0) is 31.1. The lowest BCUT2D eigenvalue weighted by Gasteiger charge is -2.28. The Balaban J connectivity index is 1.51. The van der Waals surface area contributed by atoms with Crippen molar-refractivity contribution in [2.24, 2.45) is 0 Å². The van der Waals surface area contributed by atoms with Gasteiger partial charge in [-0.1, -0.05) is 36.4 Å². The van der Waals surface area contributed by atoms with Crippen molar-refractivity contribution in [3.8, 4) is 17.2 Å². The molecule has 4 aromatic carbocycles. The SMILES string of the molecule is CCOP(=O)(OCC)C(Nc1ccccc1)c1ccc(OCc2nc3ccccc3c(=O)n2-c2ccc(F)cc2)c(OC)c1. The fourth-order valence-electron chi connectivity index (χ4n) is 4.83. The van der Waals surface area contributed by atoms with Crippen LogP contribution in [0.25, 0.3) is 16.6 Å². The maximum absolute atomic E-state index is 14.0. The van der Waals surface area contributed by atoms with Crippen LogP contribution < -0.4 is 20.3 Å². The van der Waals surface area contributed by atoms with Crippen LogP contribution in [-0.2, 0) is 20.2 Å². The maximum atomic E-state index is 14.0. The number of benzene rings is 4. The lowest BCUT2D eigenvalue weighted by molar-refractivity contribution is 0.214. The van der Waals surface area contributed by atoms with E-state index in [9.17, 15) is 13.8 Å². The molecule has 0 aliphatic carbocycles. The minimum atomic E-state index is -3.68. The van der Waals surface area contributed by atoms with Crippen LogP contribution in [-0.4, -0.2) is 29.9 Å². The van der Waals surface area contributed by atoms with Crippen molar-refractivity contribution < 1.29 is 27.5 Å². The monoisotopic (exact) mass is 617 g/mol. The third kappa shape index (κ3) is 6.68. The molecule has 9 nitrogen and oxygen atoms in total. The Hall–Kier alpha value is -4.50. The lowest BCUT2D eigenvalue weighted by atomic mass is 10.2. The van der Waals surface area contributed by atoms with Crippen molar-refractivity contribution in [1.29, 1.82) is 0 Å². The van der Waals surface area contributed by atoms with Crippen LogP contribution >= 0.6 is 7.60 Å². The molecule has 5 rings (SSSR count). The van der Waals surface area contributed by atoms with E-state index in [4.69, 9.17) is 23.5 Å². The highest BCUT2D eigenvalue weighted by Gasteiger charge is 2.37. The second-order valence-electron chi connectivity index (χ2n) is 9.65. The Morgan fingerprint density at radius 3 is 2.25 bits per heavy atom. The molecule has 1 heterocycles. The number of ether oxygens (including phenoxy) is 2.